The summed E-state index contributed by atoms with van der Waals surface area (Å²) in [6.07, 6.45) is 0.835. The summed E-state index contributed by atoms with van der Waals surface area (Å²) in [6.45, 7) is 6.35. The summed E-state index contributed by atoms with van der Waals surface area (Å²) in [6, 6.07) is 6.54. The summed E-state index contributed by atoms with van der Waals surface area (Å²) >= 11 is 0. The average Bonchev–Trinajstić information content (AvgIpc) is 2.31. The fraction of sp³-hybridized carbons (Fsp3) is 0.571. The molecule has 0 aliphatic carbocycles. The van der Waals surface area contributed by atoms with E-state index in [4.69, 9.17) is 9.47 Å². The number of benzene rings is 1. The zero-order chi connectivity index (χ0) is 12.8. The summed E-state index contributed by atoms with van der Waals surface area (Å²) in [5.41, 5.74) is 3.81. The van der Waals surface area contributed by atoms with Crippen LogP contribution in [-0.2, 0) is 15.9 Å². The molecule has 3 nitrogen and oxygen atoms in total. The van der Waals surface area contributed by atoms with Crippen molar-refractivity contribution in [2.75, 3.05) is 19.5 Å². The lowest BCUT2D eigenvalue weighted by molar-refractivity contribution is -0.109. The largest absolute Gasteiger partial charge is 0.377 e. The van der Waals surface area contributed by atoms with Gasteiger partial charge < -0.3 is 14.8 Å². The van der Waals surface area contributed by atoms with Gasteiger partial charge in [0.25, 0.3) is 0 Å². The highest BCUT2D eigenvalue weighted by atomic mass is 16.7. The Labute approximate surface area is 104 Å². The molecule has 0 aromatic heterocycles. The van der Waals surface area contributed by atoms with Gasteiger partial charge in [-0.1, -0.05) is 13.0 Å². The molecule has 0 heterocycles. The van der Waals surface area contributed by atoms with E-state index in [1.165, 1.54) is 11.1 Å². The highest BCUT2D eigenvalue weighted by molar-refractivity contribution is 5.49. The maximum atomic E-state index is 5.22. The molecular weight excluding hydrogens is 214 g/mol. The second kappa shape index (κ2) is 6.62. The number of aryl methyl sites for hydroxylation is 2. The molecule has 0 fully saturated rings. The Morgan fingerprint density at radius 2 is 1.88 bits per heavy atom. The zero-order valence-electron chi connectivity index (χ0n) is 11.4. The van der Waals surface area contributed by atoms with Crippen LogP contribution in [-0.4, -0.2) is 26.6 Å². The van der Waals surface area contributed by atoms with Crippen molar-refractivity contribution in [1.82, 2.24) is 0 Å². The molecule has 0 aliphatic heterocycles. The number of nitrogens with one attached hydrogen (secondary N) is 1. The first-order valence-corrected chi connectivity index (χ1v) is 6.04. The number of rotatable bonds is 6. The monoisotopic (exact) mass is 237 g/mol. The summed E-state index contributed by atoms with van der Waals surface area (Å²) in [5.74, 6) is 0. The summed E-state index contributed by atoms with van der Waals surface area (Å²) in [5, 5.41) is 3.39. The minimum absolute atomic E-state index is 0.108. The van der Waals surface area contributed by atoms with E-state index in [2.05, 4.69) is 37.4 Å². The lowest BCUT2D eigenvalue weighted by Gasteiger charge is -2.23. The van der Waals surface area contributed by atoms with Gasteiger partial charge in [-0.25, -0.2) is 0 Å². The Hall–Kier alpha value is -1.06. The fourth-order valence-corrected chi connectivity index (χ4v) is 2.02. The minimum atomic E-state index is -0.235. The average molecular weight is 237 g/mol. The molecule has 17 heavy (non-hydrogen) atoms. The van der Waals surface area contributed by atoms with E-state index in [0.717, 1.165) is 12.1 Å². The maximum Gasteiger partial charge on any atom is 0.176 e. The van der Waals surface area contributed by atoms with Crippen molar-refractivity contribution in [3.05, 3.63) is 29.3 Å². The van der Waals surface area contributed by atoms with Crippen LogP contribution in [0.4, 0.5) is 5.69 Å². The predicted octanol–water partition coefficient (Wildman–Crippen LogP) is 2.98. The molecule has 0 saturated heterocycles. The van der Waals surface area contributed by atoms with Gasteiger partial charge in [0.05, 0.1) is 6.04 Å². The summed E-state index contributed by atoms with van der Waals surface area (Å²) in [7, 11) is 3.30. The molecule has 0 saturated carbocycles. The van der Waals surface area contributed by atoms with E-state index in [1.807, 2.05) is 6.92 Å². The molecule has 0 bridgehead atoms. The van der Waals surface area contributed by atoms with Gasteiger partial charge in [-0.3, -0.25) is 0 Å². The third kappa shape index (κ3) is 3.72. The van der Waals surface area contributed by atoms with E-state index in [9.17, 15) is 0 Å². The Balaban J connectivity index is 2.71. The van der Waals surface area contributed by atoms with Gasteiger partial charge in [0.1, 0.15) is 0 Å². The van der Waals surface area contributed by atoms with Crippen molar-refractivity contribution in [3.63, 3.8) is 0 Å². The van der Waals surface area contributed by atoms with E-state index in [1.54, 1.807) is 14.2 Å². The molecule has 1 aromatic rings. The summed E-state index contributed by atoms with van der Waals surface area (Å²) in [4.78, 5) is 0. The van der Waals surface area contributed by atoms with Gasteiger partial charge in [0, 0.05) is 19.9 Å². The standard InChI is InChI=1S/C14H23NO2/c1-6-12-7-8-13(9-10(12)2)15-11(3)14(16-4)17-5/h7-9,11,14-15H,6H2,1-5H3. The lowest BCUT2D eigenvalue weighted by atomic mass is 10.1. The van der Waals surface area contributed by atoms with Crippen LogP contribution >= 0.6 is 0 Å². The fourth-order valence-electron chi connectivity index (χ4n) is 2.02. The van der Waals surface area contributed by atoms with Crippen molar-refractivity contribution >= 4 is 5.69 Å². The number of hydrogen-bond donors (Lipinski definition) is 1. The highest BCUT2D eigenvalue weighted by Crippen LogP contribution is 2.17. The van der Waals surface area contributed by atoms with E-state index in [0.29, 0.717) is 0 Å². The first kappa shape index (κ1) is 14.0. The van der Waals surface area contributed by atoms with Crippen LogP contribution in [0.2, 0.25) is 0 Å². The Morgan fingerprint density at radius 3 is 2.35 bits per heavy atom. The molecule has 96 valence electrons. The molecule has 1 unspecified atom stereocenters. The molecule has 1 aromatic carbocycles. The van der Waals surface area contributed by atoms with Crippen LogP contribution in [0.1, 0.15) is 25.0 Å². The van der Waals surface area contributed by atoms with Crippen LogP contribution in [0.25, 0.3) is 0 Å². The van der Waals surface area contributed by atoms with Crippen molar-refractivity contribution in [1.29, 1.82) is 0 Å². The molecule has 0 spiro atoms. The first-order chi connectivity index (χ1) is 8.12. The molecule has 0 aliphatic rings. The van der Waals surface area contributed by atoms with Gasteiger partial charge in [0.15, 0.2) is 6.29 Å². The second-order valence-electron chi connectivity index (χ2n) is 4.27. The van der Waals surface area contributed by atoms with Crippen molar-refractivity contribution < 1.29 is 9.47 Å². The molecule has 0 radical (unpaired) electrons. The number of ether oxygens (including phenoxy) is 2. The first-order valence-electron chi connectivity index (χ1n) is 6.04. The van der Waals surface area contributed by atoms with Crippen LogP contribution in [0.15, 0.2) is 18.2 Å². The normalized spacial score (nSPS) is 12.8. The Morgan fingerprint density at radius 1 is 1.24 bits per heavy atom. The van der Waals surface area contributed by atoms with Gasteiger partial charge in [-0.05, 0) is 43.5 Å². The highest BCUT2D eigenvalue weighted by Gasteiger charge is 2.15. The van der Waals surface area contributed by atoms with Crippen molar-refractivity contribution in [2.45, 2.75) is 39.5 Å². The maximum absolute atomic E-state index is 5.22. The van der Waals surface area contributed by atoms with Gasteiger partial charge >= 0.3 is 0 Å². The van der Waals surface area contributed by atoms with E-state index < -0.39 is 0 Å². The topological polar surface area (TPSA) is 30.5 Å². The zero-order valence-corrected chi connectivity index (χ0v) is 11.4. The third-order valence-corrected chi connectivity index (χ3v) is 2.99. The Bertz CT molecular complexity index is 348. The quantitative estimate of drug-likeness (QED) is 0.772. The molecule has 1 rings (SSSR count). The SMILES string of the molecule is CCc1ccc(NC(C)C(OC)OC)cc1C. The number of hydrogen-bond acceptors (Lipinski definition) is 3. The lowest BCUT2D eigenvalue weighted by Crippen LogP contribution is -2.33. The third-order valence-electron chi connectivity index (χ3n) is 2.99. The number of anilines is 1. The van der Waals surface area contributed by atoms with Crippen LogP contribution in [0, 0.1) is 6.92 Å². The smallest absolute Gasteiger partial charge is 0.176 e. The van der Waals surface area contributed by atoms with Crippen molar-refractivity contribution in [2.24, 2.45) is 0 Å². The molecule has 1 atom stereocenters. The molecule has 0 amide bonds. The number of methoxy groups -OCH3 is 2. The molecule has 1 N–H and O–H groups in total. The second-order valence-corrected chi connectivity index (χ2v) is 4.27. The van der Waals surface area contributed by atoms with Crippen molar-refractivity contribution in [3.8, 4) is 0 Å². The van der Waals surface area contributed by atoms with Gasteiger partial charge in [-0.15, -0.1) is 0 Å². The van der Waals surface area contributed by atoms with Crippen LogP contribution < -0.4 is 5.32 Å². The molecule has 3 heteroatoms. The van der Waals surface area contributed by atoms with Gasteiger partial charge in [0.2, 0.25) is 0 Å². The van der Waals surface area contributed by atoms with E-state index in [-0.39, 0.29) is 12.3 Å². The van der Waals surface area contributed by atoms with Gasteiger partial charge in [-0.2, -0.15) is 0 Å². The van der Waals surface area contributed by atoms with E-state index >= 15 is 0 Å². The minimum Gasteiger partial charge on any atom is -0.377 e. The van der Waals surface area contributed by atoms with Crippen LogP contribution in [0.3, 0.4) is 0 Å². The summed E-state index contributed by atoms with van der Waals surface area (Å²) < 4.78 is 10.4. The predicted molar refractivity (Wildman–Crippen MR) is 71.4 cm³/mol. The van der Waals surface area contributed by atoms with Crippen LogP contribution in [0.5, 0.6) is 0 Å². The molecular formula is C14H23NO2. The Kier molecular flexibility index (Phi) is 5.45.